The van der Waals surface area contributed by atoms with E-state index in [0.29, 0.717) is 5.56 Å². The number of oxime groups is 1. The van der Waals surface area contributed by atoms with E-state index in [9.17, 15) is 10.1 Å². The number of nitro benzene ring substituents is 1. The van der Waals surface area contributed by atoms with Gasteiger partial charge in [0.2, 0.25) is 0 Å². The SMILES string of the molecule is Cc1cccc(C)c1-n1c(C)cc(/C=N\OCc2cccc([N+](=O)[O-])c2)c1C. The number of nitrogens with zero attached hydrogens (tertiary/aromatic N) is 3. The van der Waals surface area contributed by atoms with E-state index in [1.165, 1.54) is 28.9 Å². The Morgan fingerprint density at radius 1 is 1.07 bits per heavy atom. The maximum Gasteiger partial charge on any atom is 0.269 e. The molecular weight excluding hydrogens is 354 g/mol. The molecule has 6 nitrogen and oxygen atoms in total. The molecule has 144 valence electrons. The lowest BCUT2D eigenvalue weighted by Crippen LogP contribution is -2.04. The van der Waals surface area contributed by atoms with Crippen LogP contribution >= 0.6 is 0 Å². The van der Waals surface area contributed by atoms with Crippen LogP contribution in [0.15, 0.2) is 53.7 Å². The third kappa shape index (κ3) is 3.96. The van der Waals surface area contributed by atoms with Crippen LogP contribution in [0.1, 0.15) is 33.6 Å². The second kappa shape index (κ2) is 8.08. The molecule has 0 radical (unpaired) electrons. The van der Waals surface area contributed by atoms with Crippen molar-refractivity contribution in [2.24, 2.45) is 5.16 Å². The van der Waals surface area contributed by atoms with Gasteiger partial charge < -0.3 is 9.40 Å². The van der Waals surface area contributed by atoms with E-state index >= 15 is 0 Å². The highest BCUT2D eigenvalue weighted by molar-refractivity contribution is 5.82. The monoisotopic (exact) mass is 377 g/mol. The van der Waals surface area contributed by atoms with Gasteiger partial charge in [0.05, 0.1) is 16.8 Å². The van der Waals surface area contributed by atoms with Gasteiger partial charge in [0.15, 0.2) is 0 Å². The summed E-state index contributed by atoms with van der Waals surface area (Å²) in [6.45, 7) is 8.52. The van der Waals surface area contributed by atoms with Crippen LogP contribution in [0.4, 0.5) is 5.69 Å². The van der Waals surface area contributed by atoms with Crippen molar-refractivity contribution in [3.05, 3.63) is 92.3 Å². The third-order valence-electron chi connectivity index (χ3n) is 4.75. The molecule has 0 aliphatic carbocycles. The van der Waals surface area contributed by atoms with Crippen LogP contribution in [0.2, 0.25) is 0 Å². The van der Waals surface area contributed by atoms with Gasteiger partial charge in [0, 0.05) is 29.1 Å². The molecule has 0 bridgehead atoms. The molecule has 0 atom stereocenters. The highest BCUT2D eigenvalue weighted by Gasteiger charge is 2.13. The van der Waals surface area contributed by atoms with Crippen molar-refractivity contribution >= 4 is 11.9 Å². The van der Waals surface area contributed by atoms with E-state index in [1.54, 1.807) is 18.3 Å². The van der Waals surface area contributed by atoms with E-state index in [1.807, 2.05) is 0 Å². The molecule has 1 aromatic heterocycles. The predicted molar refractivity (Wildman–Crippen MR) is 110 cm³/mol. The van der Waals surface area contributed by atoms with Crippen molar-refractivity contribution in [2.45, 2.75) is 34.3 Å². The summed E-state index contributed by atoms with van der Waals surface area (Å²) < 4.78 is 2.23. The second-order valence-electron chi connectivity index (χ2n) is 6.84. The molecule has 0 saturated heterocycles. The Kier molecular flexibility index (Phi) is 5.59. The van der Waals surface area contributed by atoms with E-state index in [2.05, 4.69) is 61.7 Å². The van der Waals surface area contributed by atoms with Crippen LogP contribution in [0.5, 0.6) is 0 Å². The molecule has 0 spiro atoms. The van der Waals surface area contributed by atoms with Gasteiger partial charge in [-0.3, -0.25) is 10.1 Å². The highest BCUT2D eigenvalue weighted by Crippen LogP contribution is 2.25. The zero-order chi connectivity index (χ0) is 20.3. The Morgan fingerprint density at radius 3 is 2.43 bits per heavy atom. The van der Waals surface area contributed by atoms with Crippen molar-refractivity contribution in [2.75, 3.05) is 0 Å². The second-order valence-corrected chi connectivity index (χ2v) is 6.84. The third-order valence-corrected chi connectivity index (χ3v) is 4.75. The maximum absolute atomic E-state index is 10.8. The number of para-hydroxylation sites is 1. The molecule has 3 rings (SSSR count). The van der Waals surface area contributed by atoms with E-state index in [4.69, 9.17) is 4.84 Å². The van der Waals surface area contributed by atoms with Crippen molar-refractivity contribution < 1.29 is 9.76 Å². The summed E-state index contributed by atoms with van der Waals surface area (Å²) in [6, 6.07) is 14.7. The number of nitro groups is 1. The molecule has 0 saturated carbocycles. The Labute approximate surface area is 164 Å². The van der Waals surface area contributed by atoms with E-state index in [-0.39, 0.29) is 12.3 Å². The first-order chi connectivity index (χ1) is 13.4. The van der Waals surface area contributed by atoms with Gasteiger partial charge >= 0.3 is 0 Å². The van der Waals surface area contributed by atoms with Crippen LogP contribution in [-0.2, 0) is 11.4 Å². The fourth-order valence-electron chi connectivity index (χ4n) is 3.39. The normalized spacial score (nSPS) is 11.1. The molecule has 0 aliphatic rings. The lowest BCUT2D eigenvalue weighted by atomic mass is 10.1. The first kappa shape index (κ1) is 19.4. The molecule has 0 aliphatic heterocycles. The summed E-state index contributed by atoms with van der Waals surface area (Å²) in [5, 5.41) is 14.9. The number of hydrogen-bond acceptors (Lipinski definition) is 4. The molecule has 0 fully saturated rings. The van der Waals surface area contributed by atoms with Crippen molar-refractivity contribution in [1.82, 2.24) is 4.57 Å². The summed E-state index contributed by atoms with van der Waals surface area (Å²) in [5.41, 5.74) is 7.54. The fraction of sp³-hybridized carbons (Fsp3) is 0.227. The first-order valence-corrected chi connectivity index (χ1v) is 9.02. The number of aromatic nitrogens is 1. The molecule has 0 amide bonds. The molecular formula is C22H23N3O3. The van der Waals surface area contributed by atoms with Gasteiger partial charge in [0.25, 0.3) is 5.69 Å². The lowest BCUT2D eigenvalue weighted by molar-refractivity contribution is -0.384. The molecule has 3 aromatic rings. The average molecular weight is 377 g/mol. The summed E-state index contributed by atoms with van der Waals surface area (Å²) in [7, 11) is 0. The minimum absolute atomic E-state index is 0.0437. The maximum atomic E-state index is 10.8. The van der Waals surface area contributed by atoms with Crippen LogP contribution < -0.4 is 0 Å². The molecule has 1 heterocycles. The van der Waals surface area contributed by atoms with Crippen LogP contribution in [0, 0.1) is 37.8 Å². The summed E-state index contributed by atoms with van der Waals surface area (Å²) in [6.07, 6.45) is 1.68. The van der Waals surface area contributed by atoms with Crippen LogP contribution in [0.25, 0.3) is 5.69 Å². The fourth-order valence-corrected chi connectivity index (χ4v) is 3.39. The summed E-state index contributed by atoms with van der Waals surface area (Å²) in [5.74, 6) is 0. The predicted octanol–water partition coefficient (Wildman–Crippen LogP) is 5.17. The molecule has 28 heavy (non-hydrogen) atoms. The van der Waals surface area contributed by atoms with E-state index < -0.39 is 4.92 Å². The van der Waals surface area contributed by atoms with Gasteiger partial charge in [-0.25, -0.2) is 0 Å². The van der Waals surface area contributed by atoms with Crippen LogP contribution in [0.3, 0.4) is 0 Å². The standard InChI is InChI=1S/C22H23N3O3/c1-15-7-5-8-16(2)22(15)24-17(3)11-20(18(24)4)13-23-28-14-19-9-6-10-21(12-19)25(26)27/h5-13H,14H2,1-4H3/b23-13-. The number of rotatable bonds is 6. The van der Waals surface area contributed by atoms with Crippen LogP contribution in [-0.4, -0.2) is 15.7 Å². The Hall–Kier alpha value is -3.41. The van der Waals surface area contributed by atoms with Crippen molar-refractivity contribution in [3.63, 3.8) is 0 Å². The van der Waals surface area contributed by atoms with Gasteiger partial charge in [-0.15, -0.1) is 0 Å². The Morgan fingerprint density at radius 2 is 1.75 bits per heavy atom. The molecule has 0 N–H and O–H groups in total. The summed E-state index contributed by atoms with van der Waals surface area (Å²) in [4.78, 5) is 15.8. The van der Waals surface area contributed by atoms with Gasteiger partial charge in [-0.1, -0.05) is 35.5 Å². The number of hydrogen-bond donors (Lipinski definition) is 0. The molecule has 2 aromatic carbocycles. The number of aryl methyl sites for hydroxylation is 3. The minimum Gasteiger partial charge on any atom is -0.391 e. The largest absolute Gasteiger partial charge is 0.391 e. The van der Waals surface area contributed by atoms with Gasteiger partial charge in [-0.05, 0) is 50.5 Å². The zero-order valence-electron chi connectivity index (χ0n) is 16.5. The van der Waals surface area contributed by atoms with Gasteiger partial charge in [-0.2, -0.15) is 0 Å². The van der Waals surface area contributed by atoms with Crippen molar-refractivity contribution in [3.8, 4) is 5.69 Å². The zero-order valence-corrected chi connectivity index (χ0v) is 16.5. The molecule has 0 unspecified atom stereocenters. The average Bonchev–Trinajstić information content (AvgIpc) is 2.93. The number of benzene rings is 2. The lowest BCUT2D eigenvalue weighted by Gasteiger charge is -2.15. The number of non-ortho nitro benzene ring substituents is 1. The molecule has 6 heteroatoms. The first-order valence-electron chi connectivity index (χ1n) is 9.02. The van der Waals surface area contributed by atoms with Crippen molar-refractivity contribution in [1.29, 1.82) is 0 Å². The Balaban J connectivity index is 1.77. The summed E-state index contributed by atoms with van der Waals surface area (Å²) >= 11 is 0. The quantitative estimate of drug-likeness (QED) is 0.338. The topological polar surface area (TPSA) is 69.7 Å². The highest BCUT2D eigenvalue weighted by atomic mass is 16.6. The smallest absolute Gasteiger partial charge is 0.269 e. The minimum atomic E-state index is -0.421. The van der Waals surface area contributed by atoms with Gasteiger partial charge in [0.1, 0.15) is 6.61 Å². The Bertz CT molecular complexity index is 1030. The van der Waals surface area contributed by atoms with E-state index in [0.717, 1.165) is 17.0 Å².